The van der Waals surface area contributed by atoms with Gasteiger partial charge in [-0.2, -0.15) is 0 Å². The minimum atomic E-state index is -0.995. The Balaban J connectivity index is 2.11. The summed E-state index contributed by atoms with van der Waals surface area (Å²) < 4.78 is 5.15. The minimum Gasteiger partial charge on any atom is -0.478 e. The summed E-state index contributed by atoms with van der Waals surface area (Å²) in [4.78, 5) is 13.1. The highest BCUT2D eigenvalue weighted by Gasteiger charge is 2.23. The van der Waals surface area contributed by atoms with Gasteiger partial charge in [0.1, 0.15) is 0 Å². The number of ether oxygens (including phenoxy) is 1. The molecule has 1 unspecified atom stereocenters. The molecule has 1 heterocycles. The second-order valence-electron chi connectivity index (χ2n) is 4.53. The van der Waals surface area contributed by atoms with E-state index in [4.69, 9.17) is 21.4 Å². The molecule has 1 atom stereocenters. The van der Waals surface area contributed by atoms with Crippen LogP contribution in [0.15, 0.2) is 18.2 Å². The summed E-state index contributed by atoms with van der Waals surface area (Å²) in [5, 5.41) is 9.21. The average molecular weight is 270 g/mol. The van der Waals surface area contributed by atoms with Crippen molar-refractivity contribution in [2.45, 2.75) is 6.42 Å². The van der Waals surface area contributed by atoms with Gasteiger partial charge < -0.3 is 14.7 Å². The molecule has 1 aromatic rings. The Morgan fingerprint density at radius 3 is 3.00 bits per heavy atom. The molecule has 2 rings (SSSR count). The Labute approximate surface area is 111 Å². The molecule has 0 radical (unpaired) electrons. The summed E-state index contributed by atoms with van der Waals surface area (Å²) in [7, 11) is 1.71. The van der Waals surface area contributed by atoms with Crippen molar-refractivity contribution in [3.8, 4) is 0 Å². The number of benzene rings is 1. The Kier molecular flexibility index (Phi) is 4.09. The van der Waals surface area contributed by atoms with E-state index in [9.17, 15) is 4.79 Å². The lowest BCUT2D eigenvalue weighted by Gasteiger charge is -2.19. The summed E-state index contributed by atoms with van der Waals surface area (Å²) in [6, 6.07) is 5.09. The lowest BCUT2D eigenvalue weighted by Crippen LogP contribution is -2.21. The first-order valence-corrected chi connectivity index (χ1v) is 6.26. The van der Waals surface area contributed by atoms with Crippen molar-refractivity contribution in [3.63, 3.8) is 0 Å². The van der Waals surface area contributed by atoms with Crippen LogP contribution in [0.4, 0.5) is 5.69 Å². The van der Waals surface area contributed by atoms with Crippen molar-refractivity contribution in [1.29, 1.82) is 0 Å². The van der Waals surface area contributed by atoms with E-state index in [1.165, 1.54) is 0 Å². The van der Waals surface area contributed by atoms with E-state index in [1.807, 2.05) is 6.07 Å². The van der Waals surface area contributed by atoms with Crippen molar-refractivity contribution in [1.82, 2.24) is 0 Å². The number of aromatic carboxylic acids is 1. The molecule has 0 bridgehead atoms. The van der Waals surface area contributed by atoms with E-state index in [0.29, 0.717) is 5.92 Å². The highest BCUT2D eigenvalue weighted by molar-refractivity contribution is 6.33. The fraction of sp³-hybridized carbons (Fsp3) is 0.462. The van der Waals surface area contributed by atoms with Crippen LogP contribution in [0.1, 0.15) is 16.8 Å². The van der Waals surface area contributed by atoms with E-state index in [1.54, 1.807) is 19.2 Å². The molecule has 5 heteroatoms. The number of methoxy groups -OCH3 is 1. The van der Waals surface area contributed by atoms with Gasteiger partial charge in [-0.3, -0.25) is 0 Å². The molecule has 98 valence electrons. The first kappa shape index (κ1) is 13.2. The normalized spacial score (nSPS) is 19.2. The van der Waals surface area contributed by atoms with Crippen molar-refractivity contribution < 1.29 is 14.6 Å². The molecule has 1 N–H and O–H groups in total. The Bertz CT molecular complexity index is 450. The Morgan fingerprint density at radius 1 is 1.61 bits per heavy atom. The van der Waals surface area contributed by atoms with Crippen LogP contribution in [0, 0.1) is 5.92 Å². The second-order valence-corrected chi connectivity index (χ2v) is 4.93. The number of carboxylic acid groups (broad SMARTS) is 1. The molecule has 0 aromatic heterocycles. The third kappa shape index (κ3) is 2.76. The molecule has 0 aliphatic carbocycles. The first-order valence-electron chi connectivity index (χ1n) is 5.88. The quantitative estimate of drug-likeness (QED) is 0.912. The van der Waals surface area contributed by atoms with Crippen LogP contribution in [0.25, 0.3) is 0 Å². The van der Waals surface area contributed by atoms with Gasteiger partial charge in [-0.1, -0.05) is 11.6 Å². The van der Waals surface area contributed by atoms with Crippen LogP contribution in [0.3, 0.4) is 0 Å². The smallest absolute Gasteiger partial charge is 0.337 e. The molecule has 1 saturated heterocycles. The van der Waals surface area contributed by atoms with Gasteiger partial charge in [-0.15, -0.1) is 0 Å². The van der Waals surface area contributed by atoms with Crippen molar-refractivity contribution in [2.24, 2.45) is 5.92 Å². The van der Waals surface area contributed by atoms with E-state index in [-0.39, 0.29) is 10.6 Å². The van der Waals surface area contributed by atoms with Gasteiger partial charge in [0.15, 0.2) is 0 Å². The van der Waals surface area contributed by atoms with Crippen LogP contribution in [-0.2, 0) is 4.74 Å². The zero-order valence-electron chi connectivity index (χ0n) is 10.2. The minimum absolute atomic E-state index is 0.146. The lowest BCUT2D eigenvalue weighted by atomic mass is 10.1. The monoisotopic (exact) mass is 269 g/mol. The number of rotatable bonds is 4. The number of halogens is 1. The molecule has 18 heavy (non-hydrogen) atoms. The Morgan fingerprint density at radius 2 is 2.39 bits per heavy atom. The van der Waals surface area contributed by atoms with Crippen LogP contribution >= 0.6 is 11.6 Å². The summed E-state index contributed by atoms with van der Waals surface area (Å²) in [6.07, 6.45) is 1.09. The maximum atomic E-state index is 10.9. The lowest BCUT2D eigenvalue weighted by molar-refractivity contribution is 0.0697. The number of carboxylic acids is 1. The molecule has 1 aromatic carbocycles. The van der Waals surface area contributed by atoms with Gasteiger partial charge in [0, 0.05) is 31.8 Å². The van der Waals surface area contributed by atoms with Crippen molar-refractivity contribution >= 4 is 23.3 Å². The van der Waals surface area contributed by atoms with Gasteiger partial charge in [-0.25, -0.2) is 4.79 Å². The number of hydrogen-bond donors (Lipinski definition) is 1. The first-order chi connectivity index (χ1) is 8.61. The average Bonchev–Trinajstić information content (AvgIpc) is 2.77. The van der Waals surface area contributed by atoms with Crippen molar-refractivity contribution in [2.75, 3.05) is 31.7 Å². The molecule has 1 fully saturated rings. The van der Waals surface area contributed by atoms with Crippen LogP contribution in [0.5, 0.6) is 0 Å². The molecule has 4 nitrogen and oxygen atoms in total. The van der Waals surface area contributed by atoms with E-state index in [0.717, 1.165) is 31.8 Å². The maximum Gasteiger partial charge on any atom is 0.337 e. The van der Waals surface area contributed by atoms with E-state index < -0.39 is 5.97 Å². The largest absolute Gasteiger partial charge is 0.478 e. The maximum absolute atomic E-state index is 10.9. The standard InChI is InChI=1S/C13H16ClNO3/c1-18-8-9-4-5-15(7-9)10-2-3-11(13(16)17)12(14)6-10/h2-3,6,9H,4-5,7-8H2,1H3,(H,16,17). The second kappa shape index (κ2) is 5.59. The number of nitrogens with zero attached hydrogens (tertiary/aromatic N) is 1. The van der Waals surface area contributed by atoms with Gasteiger partial charge >= 0.3 is 5.97 Å². The van der Waals surface area contributed by atoms with Gasteiger partial charge in [0.05, 0.1) is 17.2 Å². The zero-order chi connectivity index (χ0) is 13.1. The molecule has 1 aliphatic rings. The van der Waals surface area contributed by atoms with Gasteiger partial charge in [0.25, 0.3) is 0 Å². The van der Waals surface area contributed by atoms with Crippen LogP contribution in [-0.4, -0.2) is 37.9 Å². The molecule has 0 amide bonds. The molecule has 0 spiro atoms. The predicted octanol–water partition coefficient (Wildman–Crippen LogP) is 2.51. The molecular weight excluding hydrogens is 254 g/mol. The summed E-state index contributed by atoms with van der Waals surface area (Å²) >= 11 is 5.97. The summed E-state index contributed by atoms with van der Waals surface area (Å²) in [5.41, 5.74) is 1.12. The van der Waals surface area contributed by atoms with Crippen LogP contribution < -0.4 is 4.90 Å². The Hall–Kier alpha value is -1.26. The van der Waals surface area contributed by atoms with E-state index in [2.05, 4.69) is 4.90 Å². The predicted molar refractivity (Wildman–Crippen MR) is 70.6 cm³/mol. The zero-order valence-corrected chi connectivity index (χ0v) is 11.0. The summed E-state index contributed by atoms with van der Waals surface area (Å²) in [5.74, 6) is -0.460. The SMILES string of the molecule is COCC1CCN(c2ccc(C(=O)O)c(Cl)c2)C1. The van der Waals surface area contributed by atoms with Gasteiger partial charge in [-0.05, 0) is 24.6 Å². The highest BCUT2D eigenvalue weighted by atomic mass is 35.5. The fourth-order valence-electron chi connectivity index (χ4n) is 2.31. The van der Waals surface area contributed by atoms with Crippen LogP contribution in [0.2, 0.25) is 5.02 Å². The molecule has 0 saturated carbocycles. The number of carbonyl (C=O) groups is 1. The molecule has 1 aliphatic heterocycles. The third-order valence-electron chi connectivity index (χ3n) is 3.24. The molecular formula is C13H16ClNO3. The highest BCUT2D eigenvalue weighted by Crippen LogP contribution is 2.28. The number of anilines is 1. The third-order valence-corrected chi connectivity index (χ3v) is 3.55. The van der Waals surface area contributed by atoms with Gasteiger partial charge in [0.2, 0.25) is 0 Å². The topological polar surface area (TPSA) is 49.8 Å². The number of hydrogen-bond acceptors (Lipinski definition) is 3. The van der Waals surface area contributed by atoms with Crippen molar-refractivity contribution in [3.05, 3.63) is 28.8 Å². The van der Waals surface area contributed by atoms with E-state index >= 15 is 0 Å². The summed E-state index contributed by atoms with van der Waals surface area (Å²) in [6.45, 7) is 2.64. The fourth-order valence-corrected chi connectivity index (χ4v) is 2.57.